The number of carbonyl (C=O) groups excluding carboxylic acids is 1. The second kappa shape index (κ2) is 2.36. The van der Waals surface area contributed by atoms with Crippen LogP contribution in [0.15, 0.2) is 0 Å². The first-order valence-electron chi connectivity index (χ1n) is 4.41. The van der Waals surface area contributed by atoms with Crippen molar-refractivity contribution in [3.05, 3.63) is 0 Å². The Bertz CT molecular complexity index is 214. The molecule has 2 fully saturated rings. The first-order valence-corrected chi connectivity index (χ1v) is 4.41. The van der Waals surface area contributed by atoms with Crippen molar-refractivity contribution in [3.8, 4) is 0 Å². The number of hydrogen-bond acceptors (Lipinski definition) is 2. The number of hydrogen-bond donors (Lipinski definition) is 2. The van der Waals surface area contributed by atoms with Gasteiger partial charge in [0.2, 0.25) is 0 Å². The van der Waals surface area contributed by atoms with Crippen LogP contribution < -0.4 is 10.6 Å². The molecule has 0 aromatic heterocycles. The van der Waals surface area contributed by atoms with Crippen LogP contribution in [-0.2, 0) is 0 Å². The number of piperazine rings is 1. The van der Waals surface area contributed by atoms with E-state index < -0.39 is 0 Å². The molecule has 0 spiro atoms. The van der Waals surface area contributed by atoms with E-state index in [2.05, 4.69) is 24.5 Å². The lowest BCUT2D eigenvalue weighted by atomic mass is 9.95. The van der Waals surface area contributed by atoms with Crippen LogP contribution in [0.5, 0.6) is 0 Å². The molecule has 0 aromatic carbocycles. The van der Waals surface area contributed by atoms with Gasteiger partial charge in [-0.05, 0) is 13.8 Å². The van der Waals surface area contributed by atoms with Gasteiger partial charge in [-0.25, -0.2) is 4.79 Å². The Kier molecular flexibility index (Phi) is 1.54. The number of nitrogens with one attached hydrogen (secondary N) is 2. The van der Waals surface area contributed by atoms with Crippen molar-refractivity contribution >= 4 is 6.03 Å². The van der Waals surface area contributed by atoms with Gasteiger partial charge in [0.1, 0.15) is 0 Å². The summed E-state index contributed by atoms with van der Waals surface area (Å²) >= 11 is 0. The summed E-state index contributed by atoms with van der Waals surface area (Å²) in [6.45, 7) is 6.80. The van der Waals surface area contributed by atoms with E-state index in [4.69, 9.17) is 0 Å². The van der Waals surface area contributed by atoms with Crippen molar-refractivity contribution in [2.24, 2.45) is 0 Å². The zero-order valence-electron chi connectivity index (χ0n) is 7.55. The zero-order valence-corrected chi connectivity index (χ0v) is 7.55. The van der Waals surface area contributed by atoms with E-state index in [0.29, 0.717) is 6.04 Å². The van der Waals surface area contributed by atoms with Gasteiger partial charge in [0.15, 0.2) is 0 Å². The molecule has 2 aliphatic heterocycles. The fourth-order valence-electron chi connectivity index (χ4n) is 2.02. The molecule has 2 heterocycles. The zero-order chi connectivity index (χ0) is 8.77. The Hall–Kier alpha value is -0.770. The number of carbonyl (C=O) groups is 1. The molecule has 2 rings (SSSR count). The van der Waals surface area contributed by atoms with Crippen molar-refractivity contribution in [2.75, 3.05) is 19.6 Å². The van der Waals surface area contributed by atoms with E-state index in [1.54, 1.807) is 0 Å². The molecular weight excluding hydrogens is 154 g/mol. The van der Waals surface area contributed by atoms with Crippen molar-refractivity contribution in [1.29, 1.82) is 0 Å². The Labute approximate surface area is 72.3 Å². The van der Waals surface area contributed by atoms with Gasteiger partial charge >= 0.3 is 6.03 Å². The molecule has 4 nitrogen and oxygen atoms in total. The topological polar surface area (TPSA) is 44.4 Å². The molecule has 12 heavy (non-hydrogen) atoms. The van der Waals surface area contributed by atoms with E-state index in [-0.39, 0.29) is 11.6 Å². The molecule has 0 saturated carbocycles. The summed E-state index contributed by atoms with van der Waals surface area (Å²) in [4.78, 5) is 13.3. The lowest BCUT2D eigenvalue weighted by molar-refractivity contribution is 0.177. The minimum absolute atomic E-state index is 0.0789. The number of rotatable bonds is 0. The molecule has 2 amide bonds. The number of amides is 2. The maximum absolute atomic E-state index is 11.4. The quantitative estimate of drug-likeness (QED) is 0.526. The van der Waals surface area contributed by atoms with Crippen LogP contribution in [0, 0.1) is 0 Å². The standard InChI is InChI=1S/C8H15N3O/c1-8(2)6-5-9-3-4-11(6)7(12)10-8/h6,9H,3-5H2,1-2H3,(H,10,12). The lowest BCUT2D eigenvalue weighted by Gasteiger charge is -2.34. The highest BCUT2D eigenvalue weighted by molar-refractivity contribution is 5.78. The van der Waals surface area contributed by atoms with Crippen molar-refractivity contribution in [1.82, 2.24) is 15.5 Å². The van der Waals surface area contributed by atoms with Gasteiger partial charge in [-0.1, -0.05) is 0 Å². The molecule has 0 aliphatic carbocycles. The molecule has 2 N–H and O–H groups in total. The lowest BCUT2D eigenvalue weighted by Crippen LogP contribution is -2.55. The van der Waals surface area contributed by atoms with E-state index in [1.807, 2.05) is 4.90 Å². The summed E-state index contributed by atoms with van der Waals surface area (Å²) in [5, 5.41) is 6.28. The molecule has 2 saturated heterocycles. The fourth-order valence-corrected chi connectivity index (χ4v) is 2.02. The largest absolute Gasteiger partial charge is 0.331 e. The Morgan fingerprint density at radius 1 is 1.58 bits per heavy atom. The van der Waals surface area contributed by atoms with E-state index >= 15 is 0 Å². The van der Waals surface area contributed by atoms with Crippen LogP contribution >= 0.6 is 0 Å². The number of urea groups is 1. The van der Waals surface area contributed by atoms with Crippen LogP contribution in [0.4, 0.5) is 4.79 Å². The Balaban J connectivity index is 2.22. The minimum atomic E-state index is -0.0789. The normalized spacial score (nSPS) is 33.0. The third kappa shape index (κ3) is 0.982. The maximum Gasteiger partial charge on any atom is 0.318 e. The Morgan fingerprint density at radius 3 is 3.00 bits per heavy atom. The van der Waals surface area contributed by atoms with Crippen molar-refractivity contribution in [2.45, 2.75) is 25.4 Å². The highest BCUT2D eigenvalue weighted by Crippen LogP contribution is 2.23. The maximum atomic E-state index is 11.4. The second-order valence-corrected chi connectivity index (χ2v) is 4.07. The number of nitrogens with zero attached hydrogens (tertiary/aromatic N) is 1. The smallest absolute Gasteiger partial charge is 0.318 e. The van der Waals surface area contributed by atoms with E-state index in [9.17, 15) is 4.79 Å². The van der Waals surface area contributed by atoms with Crippen LogP contribution in [0.3, 0.4) is 0 Å². The monoisotopic (exact) mass is 169 g/mol. The summed E-state index contributed by atoms with van der Waals surface area (Å²) in [6.07, 6.45) is 0. The SMILES string of the molecule is CC1(C)NC(=O)N2CCNCC21. The molecular formula is C8H15N3O. The summed E-state index contributed by atoms with van der Waals surface area (Å²) in [5.41, 5.74) is -0.0789. The predicted octanol–water partition coefficient (Wildman–Crippen LogP) is -0.238. The average Bonchev–Trinajstić information content (AvgIpc) is 2.25. The summed E-state index contributed by atoms with van der Waals surface area (Å²) < 4.78 is 0. The third-order valence-corrected chi connectivity index (χ3v) is 2.77. The number of fused-ring (bicyclic) bond motifs is 1. The minimum Gasteiger partial charge on any atom is -0.331 e. The molecule has 1 atom stereocenters. The fraction of sp³-hybridized carbons (Fsp3) is 0.875. The summed E-state index contributed by atoms with van der Waals surface area (Å²) in [7, 11) is 0. The predicted molar refractivity (Wildman–Crippen MR) is 46.0 cm³/mol. The van der Waals surface area contributed by atoms with Gasteiger partial charge in [0.25, 0.3) is 0 Å². The molecule has 68 valence electrons. The molecule has 0 aromatic rings. The van der Waals surface area contributed by atoms with Gasteiger partial charge in [-0.2, -0.15) is 0 Å². The van der Waals surface area contributed by atoms with Gasteiger partial charge in [0, 0.05) is 19.6 Å². The second-order valence-electron chi connectivity index (χ2n) is 4.07. The molecule has 0 radical (unpaired) electrons. The van der Waals surface area contributed by atoms with Crippen LogP contribution in [-0.4, -0.2) is 42.1 Å². The van der Waals surface area contributed by atoms with Crippen LogP contribution in [0.2, 0.25) is 0 Å². The van der Waals surface area contributed by atoms with Gasteiger partial charge in [-0.3, -0.25) is 0 Å². The highest BCUT2D eigenvalue weighted by Gasteiger charge is 2.45. The van der Waals surface area contributed by atoms with Gasteiger partial charge in [0.05, 0.1) is 11.6 Å². The molecule has 0 bridgehead atoms. The first kappa shape index (κ1) is 7.86. The van der Waals surface area contributed by atoms with Crippen molar-refractivity contribution in [3.63, 3.8) is 0 Å². The summed E-state index contributed by atoms with van der Waals surface area (Å²) in [6, 6.07) is 0.408. The third-order valence-electron chi connectivity index (χ3n) is 2.77. The van der Waals surface area contributed by atoms with Gasteiger partial charge < -0.3 is 15.5 Å². The summed E-state index contributed by atoms with van der Waals surface area (Å²) in [5.74, 6) is 0. The van der Waals surface area contributed by atoms with Gasteiger partial charge in [-0.15, -0.1) is 0 Å². The van der Waals surface area contributed by atoms with E-state index in [1.165, 1.54) is 0 Å². The molecule has 2 aliphatic rings. The van der Waals surface area contributed by atoms with Crippen LogP contribution in [0.25, 0.3) is 0 Å². The van der Waals surface area contributed by atoms with Crippen LogP contribution in [0.1, 0.15) is 13.8 Å². The molecule has 4 heteroatoms. The first-order chi connectivity index (χ1) is 5.61. The Morgan fingerprint density at radius 2 is 2.33 bits per heavy atom. The average molecular weight is 169 g/mol. The molecule has 1 unspecified atom stereocenters. The van der Waals surface area contributed by atoms with Crippen molar-refractivity contribution < 1.29 is 4.79 Å². The highest BCUT2D eigenvalue weighted by atomic mass is 16.2. The van der Waals surface area contributed by atoms with E-state index in [0.717, 1.165) is 19.6 Å².